The van der Waals surface area contributed by atoms with Gasteiger partial charge in [0.2, 0.25) is 5.91 Å². The second kappa shape index (κ2) is 5.71. The average Bonchev–Trinajstić information content (AvgIpc) is 2.79. The third-order valence-corrected chi connectivity index (χ3v) is 2.93. The molecule has 2 amide bonds. The van der Waals surface area contributed by atoms with E-state index in [0.29, 0.717) is 17.7 Å². The molecule has 1 aliphatic rings. The highest BCUT2D eigenvalue weighted by Gasteiger charge is 2.17. The van der Waals surface area contributed by atoms with Crippen molar-refractivity contribution in [2.75, 3.05) is 10.6 Å². The zero-order valence-corrected chi connectivity index (χ0v) is 11.2. The van der Waals surface area contributed by atoms with Gasteiger partial charge in [0.1, 0.15) is 0 Å². The van der Waals surface area contributed by atoms with Gasteiger partial charge in [0.25, 0.3) is 5.91 Å². The van der Waals surface area contributed by atoms with Crippen LogP contribution in [0.15, 0.2) is 42.7 Å². The minimum absolute atomic E-state index is 0. The zero-order valence-electron chi connectivity index (χ0n) is 10.4. The second-order valence-electron chi connectivity index (χ2n) is 4.29. The molecule has 2 N–H and O–H groups in total. The van der Waals surface area contributed by atoms with E-state index in [4.69, 9.17) is 0 Å². The third kappa shape index (κ3) is 2.78. The van der Waals surface area contributed by atoms with E-state index in [1.807, 2.05) is 6.07 Å². The number of hydrogen-bond acceptors (Lipinski definition) is 3. The summed E-state index contributed by atoms with van der Waals surface area (Å²) in [6, 6.07) is 8.67. The lowest BCUT2D eigenvalue weighted by Crippen LogP contribution is -2.11. The molecule has 0 fully saturated rings. The van der Waals surface area contributed by atoms with Crippen molar-refractivity contribution in [2.45, 2.75) is 6.42 Å². The van der Waals surface area contributed by atoms with Gasteiger partial charge in [-0.3, -0.25) is 14.6 Å². The minimum atomic E-state index is -0.195. The first-order valence-corrected chi connectivity index (χ1v) is 5.86. The number of fused-ring (bicyclic) bond motifs is 1. The molecule has 0 bridgehead atoms. The summed E-state index contributed by atoms with van der Waals surface area (Å²) in [6.07, 6.45) is 3.49. The van der Waals surface area contributed by atoms with E-state index in [9.17, 15) is 9.59 Å². The maximum Gasteiger partial charge on any atom is 0.255 e. The van der Waals surface area contributed by atoms with Gasteiger partial charge in [0, 0.05) is 29.3 Å². The van der Waals surface area contributed by atoms with Crippen molar-refractivity contribution in [3.63, 3.8) is 0 Å². The maximum atomic E-state index is 12.0. The number of carbonyl (C=O) groups is 2. The molecule has 2 aromatic rings. The molecule has 1 aromatic carbocycles. The molecule has 0 spiro atoms. The number of pyridine rings is 1. The molecule has 5 nitrogen and oxygen atoms in total. The number of benzene rings is 1. The number of nitrogens with zero attached hydrogens (tertiary/aromatic N) is 1. The van der Waals surface area contributed by atoms with Crippen LogP contribution in [-0.4, -0.2) is 16.8 Å². The average molecular weight is 290 g/mol. The van der Waals surface area contributed by atoms with E-state index in [1.165, 1.54) is 0 Å². The molecule has 102 valence electrons. The predicted molar refractivity (Wildman–Crippen MR) is 78.2 cm³/mol. The molecule has 1 aromatic heterocycles. The molecule has 0 saturated heterocycles. The monoisotopic (exact) mass is 289 g/mol. The highest BCUT2D eigenvalue weighted by atomic mass is 35.5. The van der Waals surface area contributed by atoms with Gasteiger partial charge in [-0.1, -0.05) is 0 Å². The number of nitrogens with one attached hydrogen (secondary N) is 2. The van der Waals surface area contributed by atoms with Crippen molar-refractivity contribution >= 4 is 35.6 Å². The quantitative estimate of drug-likeness (QED) is 0.891. The van der Waals surface area contributed by atoms with Gasteiger partial charge >= 0.3 is 0 Å². The van der Waals surface area contributed by atoms with E-state index in [0.717, 1.165) is 11.3 Å². The minimum Gasteiger partial charge on any atom is -0.326 e. The number of hydrogen-bond donors (Lipinski definition) is 2. The number of aromatic nitrogens is 1. The first-order valence-electron chi connectivity index (χ1n) is 5.86. The van der Waals surface area contributed by atoms with Gasteiger partial charge < -0.3 is 10.6 Å². The summed E-state index contributed by atoms with van der Waals surface area (Å²) < 4.78 is 0. The Labute approximate surface area is 121 Å². The van der Waals surface area contributed by atoms with Crippen LogP contribution in [0.4, 0.5) is 11.4 Å². The maximum absolute atomic E-state index is 12.0. The van der Waals surface area contributed by atoms with Crippen LogP contribution in [0.3, 0.4) is 0 Å². The predicted octanol–water partition coefficient (Wildman–Crippen LogP) is 2.25. The van der Waals surface area contributed by atoms with Crippen LogP contribution in [-0.2, 0) is 11.2 Å². The van der Waals surface area contributed by atoms with Crippen molar-refractivity contribution in [1.82, 2.24) is 4.98 Å². The van der Waals surface area contributed by atoms with Crippen LogP contribution >= 0.6 is 12.4 Å². The van der Waals surface area contributed by atoms with Crippen molar-refractivity contribution in [3.8, 4) is 0 Å². The van der Waals surface area contributed by atoms with E-state index in [2.05, 4.69) is 15.6 Å². The Morgan fingerprint density at radius 1 is 1.20 bits per heavy atom. The molecule has 0 radical (unpaired) electrons. The Morgan fingerprint density at radius 2 is 1.95 bits per heavy atom. The number of anilines is 2. The summed E-state index contributed by atoms with van der Waals surface area (Å²) in [4.78, 5) is 27.1. The van der Waals surface area contributed by atoms with E-state index in [-0.39, 0.29) is 24.2 Å². The lowest BCUT2D eigenvalue weighted by atomic mass is 10.1. The molecular formula is C14H12ClN3O2. The Kier molecular flexibility index (Phi) is 4.00. The highest BCUT2D eigenvalue weighted by molar-refractivity contribution is 6.05. The van der Waals surface area contributed by atoms with Crippen LogP contribution in [0, 0.1) is 0 Å². The molecular weight excluding hydrogens is 278 g/mol. The molecule has 0 aliphatic carbocycles. The van der Waals surface area contributed by atoms with Crippen molar-refractivity contribution in [2.24, 2.45) is 0 Å². The molecule has 0 atom stereocenters. The highest BCUT2D eigenvalue weighted by Crippen LogP contribution is 2.26. The number of halogens is 1. The topological polar surface area (TPSA) is 71.1 Å². The van der Waals surface area contributed by atoms with Crippen LogP contribution < -0.4 is 10.6 Å². The Hall–Kier alpha value is -2.40. The zero-order chi connectivity index (χ0) is 13.2. The number of amides is 2. The Morgan fingerprint density at radius 3 is 2.70 bits per heavy atom. The van der Waals surface area contributed by atoms with Gasteiger partial charge in [-0.2, -0.15) is 0 Å². The van der Waals surface area contributed by atoms with E-state index >= 15 is 0 Å². The molecule has 0 saturated carbocycles. The number of rotatable bonds is 2. The van der Waals surface area contributed by atoms with Crippen molar-refractivity contribution < 1.29 is 9.59 Å². The first-order chi connectivity index (χ1) is 9.22. The summed E-state index contributed by atoms with van der Waals surface area (Å²) in [6.45, 7) is 0. The summed E-state index contributed by atoms with van der Waals surface area (Å²) in [5, 5.41) is 5.55. The van der Waals surface area contributed by atoms with Gasteiger partial charge in [-0.05, 0) is 35.9 Å². The Bertz CT molecular complexity index is 659. The molecule has 2 heterocycles. The fourth-order valence-corrected chi connectivity index (χ4v) is 2.01. The van der Waals surface area contributed by atoms with Crippen LogP contribution in [0.5, 0.6) is 0 Å². The normalized spacial score (nSPS) is 12.1. The molecule has 3 rings (SSSR count). The van der Waals surface area contributed by atoms with Gasteiger partial charge in [0.15, 0.2) is 0 Å². The lowest BCUT2D eigenvalue weighted by molar-refractivity contribution is -0.115. The fourth-order valence-electron chi connectivity index (χ4n) is 2.01. The van der Waals surface area contributed by atoms with Crippen LogP contribution in [0.1, 0.15) is 15.9 Å². The van der Waals surface area contributed by atoms with E-state index < -0.39 is 0 Å². The second-order valence-corrected chi connectivity index (χ2v) is 4.29. The molecule has 1 aliphatic heterocycles. The third-order valence-electron chi connectivity index (χ3n) is 2.93. The lowest BCUT2D eigenvalue weighted by Gasteiger charge is -2.06. The first kappa shape index (κ1) is 14.0. The summed E-state index contributed by atoms with van der Waals surface area (Å²) in [7, 11) is 0. The SMILES string of the molecule is Cl.O=C1Cc2cc(NC(=O)c3ccncc3)ccc2N1. The number of carbonyl (C=O) groups excluding carboxylic acids is 2. The molecule has 6 heteroatoms. The van der Waals surface area contributed by atoms with Gasteiger partial charge in [0.05, 0.1) is 6.42 Å². The van der Waals surface area contributed by atoms with Gasteiger partial charge in [-0.15, -0.1) is 12.4 Å². The fraction of sp³-hybridized carbons (Fsp3) is 0.0714. The summed E-state index contributed by atoms with van der Waals surface area (Å²) in [5.41, 5.74) is 2.94. The smallest absolute Gasteiger partial charge is 0.255 e. The van der Waals surface area contributed by atoms with E-state index in [1.54, 1.807) is 36.7 Å². The Balaban J connectivity index is 0.00000147. The van der Waals surface area contributed by atoms with Crippen molar-refractivity contribution in [3.05, 3.63) is 53.9 Å². The molecule has 0 unspecified atom stereocenters. The largest absolute Gasteiger partial charge is 0.326 e. The summed E-state index contributed by atoms with van der Waals surface area (Å²) in [5.74, 6) is -0.216. The van der Waals surface area contributed by atoms with Crippen LogP contribution in [0.2, 0.25) is 0 Å². The molecule has 20 heavy (non-hydrogen) atoms. The summed E-state index contributed by atoms with van der Waals surface area (Å²) >= 11 is 0. The van der Waals surface area contributed by atoms with Crippen LogP contribution in [0.25, 0.3) is 0 Å². The standard InChI is InChI=1S/C14H11N3O2.ClH/c18-13-8-10-7-11(1-2-12(10)17-13)16-14(19)9-3-5-15-6-4-9;/h1-7H,8H2,(H,16,19)(H,17,18);1H. The van der Waals surface area contributed by atoms with Gasteiger partial charge in [-0.25, -0.2) is 0 Å². The van der Waals surface area contributed by atoms with Crippen molar-refractivity contribution in [1.29, 1.82) is 0 Å².